The van der Waals surface area contributed by atoms with Crippen molar-refractivity contribution in [1.29, 1.82) is 0 Å². The van der Waals surface area contributed by atoms with Crippen molar-refractivity contribution in [3.8, 4) is 0 Å². The highest BCUT2D eigenvalue weighted by molar-refractivity contribution is 5.78. The SMILES string of the molecule is CC(C)(C)CCC(C(=O)OCc1ccccc1)N1CCN(C(CCC(=O)OC(C)(C)C)C(=O)OCc2ccccc2)CC(CCC(C)(C)C)(N(CCc2ccccc2)CC(=O)OCc2ccccc2)C1. The number of carbonyl (C=O) groups excluding carboxylic acids is 4. The first-order valence-corrected chi connectivity index (χ1v) is 25.3. The second kappa shape index (κ2) is 26.2. The first-order chi connectivity index (χ1) is 33.2. The molecule has 0 amide bonds. The summed E-state index contributed by atoms with van der Waals surface area (Å²) in [6.07, 6.45) is 3.44. The summed E-state index contributed by atoms with van der Waals surface area (Å²) in [5.41, 5.74) is 1.99. The van der Waals surface area contributed by atoms with E-state index >= 15 is 0 Å². The Morgan fingerprint density at radius 2 is 0.957 bits per heavy atom. The van der Waals surface area contributed by atoms with Gasteiger partial charge in [0, 0.05) is 44.7 Å². The molecule has 3 unspecified atom stereocenters. The normalized spacial score (nSPS) is 17.0. The summed E-state index contributed by atoms with van der Waals surface area (Å²) >= 11 is 0. The molecule has 0 bridgehead atoms. The van der Waals surface area contributed by atoms with E-state index in [0.29, 0.717) is 52.0 Å². The lowest BCUT2D eigenvalue weighted by atomic mass is 9.80. The molecule has 70 heavy (non-hydrogen) atoms. The molecular formula is C59H81N3O8. The molecule has 380 valence electrons. The molecule has 1 aliphatic heterocycles. The van der Waals surface area contributed by atoms with Gasteiger partial charge in [0.1, 0.15) is 37.5 Å². The second-order valence-corrected chi connectivity index (χ2v) is 22.5. The number of hydrogen-bond donors (Lipinski definition) is 0. The van der Waals surface area contributed by atoms with Crippen LogP contribution >= 0.6 is 0 Å². The molecule has 0 aliphatic carbocycles. The summed E-state index contributed by atoms with van der Waals surface area (Å²) in [5, 5.41) is 0. The van der Waals surface area contributed by atoms with E-state index < -0.39 is 35.2 Å². The van der Waals surface area contributed by atoms with Crippen molar-refractivity contribution in [1.82, 2.24) is 14.7 Å². The van der Waals surface area contributed by atoms with E-state index in [2.05, 4.69) is 68.4 Å². The minimum atomic E-state index is -0.857. The molecule has 4 aromatic carbocycles. The zero-order valence-electron chi connectivity index (χ0n) is 43.6. The van der Waals surface area contributed by atoms with E-state index in [1.165, 1.54) is 0 Å². The predicted molar refractivity (Wildman–Crippen MR) is 276 cm³/mol. The Labute approximate surface area is 419 Å². The Bertz CT molecular complexity index is 2200. The Morgan fingerprint density at radius 3 is 1.39 bits per heavy atom. The number of rotatable bonds is 23. The Morgan fingerprint density at radius 1 is 0.543 bits per heavy atom. The third kappa shape index (κ3) is 19.4. The van der Waals surface area contributed by atoms with Crippen LogP contribution in [0.5, 0.6) is 0 Å². The summed E-state index contributed by atoms with van der Waals surface area (Å²) in [6, 6.07) is 37.7. The van der Waals surface area contributed by atoms with Crippen LogP contribution in [0.1, 0.15) is 123 Å². The van der Waals surface area contributed by atoms with Crippen LogP contribution in [0.3, 0.4) is 0 Å². The maximum absolute atomic E-state index is 14.8. The Balaban J connectivity index is 1.65. The molecule has 0 spiro atoms. The molecule has 11 nitrogen and oxygen atoms in total. The summed E-state index contributed by atoms with van der Waals surface area (Å²) in [4.78, 5) is 64.2. The quantitative estimate of drug-likeness (QED) is 0.0523. The van der Waals surface area contributed by atoms with Gasteiger partial charge in [0.15, 0.2) is 0 Å². The lowest BCUT2D eigenvalue weighted by Gasteiger charge is -2.49. The van der Waals surface area contributed by atoms with Crippen molar-refractivity contribution < 1.29 is 38.1 Å². The van der Waals surface area contributed by atoms with Gasteiger partial charge in [0.05, 0.1) is 6.54 Å². The largest absolute Gasteiger partial charge is 0.460 e. The Kier molecular flexibility index (Phi) is 20.8. The monoisotopic (exact) mass is 960 g/mol. The number of esters is 4. The number of carbonyl (C=O) groups is 4. The first-order valence-electron chi connectivity index (χ1n) is 25.3. The van der Waals surface area contributed by atoms with E-state index in [-0.39, 0.29) is 62.0 Å². The molecule has 0 aromatic heterocycles. The van der Waals surface area contributed by atoms with Gasteiger partial charge in [0.25, 0.3) is 0 Å². The molecule has 4 aromatic rings. The van der Waals surface area contributed by atoms with Crippen LogP contribution in [0.15, 0.2) is 121 Å². The lowest BCUT2D eigenvalue weighted by molar-refractivity contribution is -0.158. The summed E-state index contributed by atoms with van der Waals surface area (Å²) in [5.74, 6) is -1.54. The van der Waals surface area contributed by atoms with Gasteiger partial charge in [0.2, 0.25) is 0 Å². The zero-order valence-corrected chi connectivity index (χ0v) is 43.6. The predicted octanol–water partition coefficient (Wildman–Crippen LogP) is 10.6. The van der Waals surface area contributed by atoms with Gasteiger partial charge >= 0.3 is 23.9 Å². The average molecular weight is 960 g/mol. The van der Waals surface area contributed by atoms with E-state index in [9.17, 15) is 19.2 Å². The van der Waals surface area contributed by atoms with E-state index in [1.807, 2.05) is 130 Å². The molecule has 0 radical (unpaired) electrons. The number of benzene rings is 4. The van der Waals surface area contributed by atoms with Gasteiger partial charge in [-0.1, -0.05) is 163 Å². The van der Waals surface area contributed by atoms with Crippen molar-refractivity contribution in [2.45, 2.75) is 150 Å². The summed E-state index contributed by atoms with van der Waals surface area (Å²) in [6.45, 7) is 21.0. The third-order valence-corrected chi connectivity index (χ3v) is 12.8. The van der Waals surface area contributed by atoms with Crippen LogP contribution in [0.4, 0.5) is 0 Å². The molecule has 5 rings (SSSR count). The number of nitrogens with zero attached hydrogens (tertiary/aromatic N) is 3. The maximum atomic E-state index is 14.8. The smallest absolute Gasteiger partial charge is 0.323 e. The van der Waals surface area contributed by atoms with Gasteiger partial charge in [-0.05, 0) is 92.4 Å². The Hall–Kier alpha value is -5.36. The van der Waals surface area contributed by atoms with Crippen molar-refractivity contribution in [3.63, 3.8) is 0 Å². The van der Waals surface area contributed by atoms with Crippen molar-refractivity contribution in [3.05, 3.63) is 144 Å². The highest BCUT2D eigenvalue weighted by Gasteiger charge is 2.48. The highest BCUT2D eigenvalue weighted by atomic mass is 16.6. The average Bonchev–Trinajstić information content (AvgIpc) is 3.51. The molecule has 3 atom stereocenters. The van der Waals surface area contributed by atoms with E-state index in [4.69, 9.17) is 18.9 Å². The van der Waals surface area contributed by atoms with E-state index in [1.54, 1.807) is 0 Å². The molecule has 1 aliphatic rings. The highest BCUT2D eigenvalue weighted by Crippen LogP contribution is 2.36. The lowest BCUT2D eigenvalue weighted by Crippen LogP contribution is -2.63. The van der Waals surface area contributed by atoms with Crippen LogP contribution in [-0.4, -0.2) is 101 Å². The van der Waals surface area contributed by atoms with Gasteiger partial charge in [-0.2, -0.15) is 0 Å². The van der Waals surface area contributed by atoms with Crippen molar-refractivity contribution in [2.75, 3.05) is 39.3 Å². The van der Waals surface area contributed by atoms with E-state index in [0.717, 1.165) is 35.1 Å². The first kappa shape index (κ1) is 55.6. The number of hydrogen-bond acceptors (Lipinski definition) is 11. The summed E-state index contributed by atoms with van der Waals surface area (Å²) in [7, 11) is 0. The van der Waals surface area contributed by atoms with Crippen molar-refractivity contribution >= 4 is 23.9 Å². The fourth-order valence-electron chi connectivity index (χ4n) is 8.97. The molecule has 11 heteroatoms. The fraction of sp³-hybridized carbons (Fsp3) is 0.525. The van der Waals surface area contributed by atoms with Crippen LogP contribution in [0.25, 0.3) is 0 Å². The maximum Gasteiger partial charge on any atom is 0.323 e. The topological polar surface area (TPSA) is 115 Å². The van der Waals surface area contributed by atoms with Gasteiger partial charge in [-0.15, -0.1) is 0 Å². The van der Waals surface area contributed by atoms with Gasteiger partial charge in [-0.25, -0.2) is 0 Å². The van der Waals surface area contributed by atoms with Gasteiger partial charge < -0.3 is 18.9 Å². The second-order valence-electron chi connectivity index (χ2n) is 22.5. The van der Waals surface area contributed by atoms with Crippen LogP contribution in [0, 0.1) is 10.8 Å². The van der Waals surface area contributed by atoms with Gasteiger partial charge in [-0.3, -0.25) is 33.9 Å². The van der Waals surface area contributed by atoms with Crippen LogP contribution < -0.4 is 0 Å². The molecule has 1 fully saturated rings. The van der Waals surface area contributed by atoms with Crippen molar-refractivity contribution in [2.24, 2.45) is 10.8 Å². The van der Waals surface area contributed by atoms with Crippen LogP contribution in [0.2, 0.25) is 0 Å². The molecule has 1 saturated heterocycles. The third-order valence-electron chi connectivity index (χ3n) is 12.8. The molecule has 0 N–H and O–H groups in total. The zero-order chi connectivity index (χ0) is 50.8. The molecule has 1 heterocycles. The molecular weight excluding hydrogens is 879 g/mol. The fourth-order valence-corrected chi connectivity index (χ4v) is 8.97. The standard InChI is InChI=1S/C59H81N3O8/c1-56(2,3)34-32-51(55(66)69-43-49-28-20-13-21-29-49)61-39-38-60(50(30-31-52(63)70-58(7,8)9)54(65)68-42-48-26-18-12-19-27-48)44-59(45-61,36-35-57(4,5)6)62(37-33-46-22-14-10-15-23-46)40-53(64)67-41-47-24-16-11-17-25-47/h10-29,50-51H,30-45H2,1-9H3. The minimum absolute atomic E-state index is 0.0128. The number of ether oxygens (including phenoxy) is 4. The van der Waals surface area contributed by atoms with Crippen LogP contribution in [-0.2, 0) is 64.4 Å². The molecule has 0 saturated carbocycles. The minimum Gasteiger partial charge on any atom is -0.460 e. The summed E-state index contributed by atoms with van der Waals surface area (Å²) < 4.78 is 24.2.